The van der Waals surface area contributed by atoms with E-state index in [2.05, 4.69) is 46.9 Å². The number of guanidine groups is 1. The minimum atomic E-state index is 0.661. The second kappa shape index (κ2) is 9.93. The van der Waals surface area contributed by atoms with Gasteiger partial charge in [-0.3, -0.25) is 0 Å². The molecule has 1 unspecified atom stereocenters. The van der Waals surface area contributed by atoms with Gasteiger partial charge in [-0.15, -0.1) is 0 Å². The van der Waals surface area contributed by atoms with Gasteiger partial charge >= 0.3 is 0 Å². The van der Waals surface area contributed by atoms with Gasteiger partial charge < -0.3 is 19.9 Å². The van der Waals surface area contributed by atoms with E-state index in [1.54, 1.807) is 0 Å². The highest BCUT2D eigenvalue weighted by atomic mass is 16.5. The highest BCUT2D eigenvalue weighted by Gasteiger charge is 2.25. The third-order valence-corrected chi connectivity index (χ3v) is 5.30. The summed E-state index contributed by atoms with van der Waals surface area (Å²) in [6, 6.07) is 4.16. The molecule has 0 saturated carbocycles. The first-order valence-electron chi connectivity index (χ1n) is 10.5. The maximum Gasteiger partial charge on any atom is 0.194 e. The Morgan fingerprint density at radius 3 is 2.89 bits per heavy atom. The van der Waals surface area contributed by atoms with Gasteiger partial charge in [0.2, 0.25) is 0 Å². The number of aromatic nitrogens is 1. The number of pyridine rings is 1. The number of morpholine rings is 1. The van der Waals surface area contributed by atoms with E-state index in [9.17, 15) is 0 Å². The van der Waals surface area contributed by atoms with E-state index in [1.807, 2.05) is 12.3 Å². The van der Waals surface area contributed by atoms with Gasteiger partial charge in [-0.05, 0) is 37.7 Å². The maximum atomic E-state index is 5.48. The molecule has 27 heavy (non-hydrogen) atoms. The average molecular weight is 374 g/mol. The fraction of sp³-hybridized carbons (Fsp3) is 0.714. The van der Waals surface area contributed by atoms with Crippen LogP contribution in [0.4, 0.5) is 5.82 Å². The number of anilines is 1. The predicted octanol–water partition coefficient (Wildman–Crippen LogP) is 2.75. The van der Waals surface area contributed by atoms with Crippen molar-refractivity contribution in [2.24, 2.45) is 16.8 Å². The van der Waals surface area contributed by atoms with Crippen LogP contribution in [0, 0.1) is 11.8 Å². The van der Waals surface area contributed by atoms with E-state index < -0.39 is 0 Å². The topological polar surface area (TPSA) is 53.0 Å². The van der Waals surface area contributed by atoms with Crippen LogP contribution < -0.4 is 10.2 Å². The van der Waals surface area contributed by atoms with Gasteiger partial charge in [-0.25, -0.2) is 9.98 Å². The zero-order chi connectivity index (χ0) is 19.1. The zero-order valence-electron chi connectivity index (χ0n) is 17.2. The Labute approximate surface area is 164 Å². The Bertz CT molecular complexity index is 612. The van der Waals surface area contributed by atoms with Crippen LogP contribution in [0.3, 0.4) is 0 Å². The molecule has 1 N–H and O–H groups in total. The van der Waals surface area contributed by atoms with Crippen LogP contribution in [0.2, 0.25) is 0 Å². The quantitative estimate of drug-likeness (QED) is 0.614. The lowest BCUT2D eigenvalue weighted by molar-refractivity contribution is 0.122. The van der Waals surface area contributed by atoms with Gasteiger partial charge in [0.15, 0.2) is 5.96 Å². The summed E-state index contributed by atoms with van der Waals surface area (Å²) < 4.78 is 5.48. The molecule has 2 aliphatic heterocycles. The maximum absolute atomic E-state index is 5.48. The summed E-state index contributed by atoms with van der Waals surface area (Å²) in [5, 5.41) is 3.49. The molecule has 150 valence electrons. The molecule has 0 aliphatic carbocycles. The second-order valence-electron chi connectivity index (χ2n) is 7.99. The van der Waals surface area contributed by atoms with Crippen LogP contribution in [-0.4, -0.2) is 61.8 Å². The first-order valence-corrected chi connectivity index (χ1v) is 10.5. The SMILES string of the molecule is CCNC(=NCc1cccnc1N1CCOCC1)N1CCC(CC(C)C)C1. The largest absolute Gasteiger partial charge is 0.378 e. The normalized spacial score (nSPS) is 21.2. The molecule has 2 fully saturated rings. The minimum absolute atomic E-state index is 0.661. The first kappa shape index (κ1) is 19.9. The average Bonchev–Trinajstić information content (AvgIpc) is 3.13. The van der Waals surface area contributed by atoms with Crippen LogP contribution in [0.5, 0.6) is 0 Å². The number of likely N-dealkylation sites (tertiary alicyclic amines) is 1. The molecular formula is C21H35N5O. The van der Waals surface area contributed by atoms with Crippen molar-refractivity contribution in [2.75, 3.05) is 50.8 Å². The number of hydrogen-bond donors (Lipinski definition) is 1. The predicted molar refractivity (Wildman–Crippen MR) is 111 cm³/mol. The number of nitrogens with one attached hydrogen (secondary N) is 1. The molecule has 6 nitrogen and oxygen atoms in total. The molecule has 0 aromatic carbocycles. The van der Waals surface area contributed by atoms with Gasteiger partial charge in [0.05, 0.1) is 19.8 Å². The Kier molecular flexibility index (Phi) is 7.33. The van der Waals surface area contributed by atoms with Crippen LogP contribution in [0.1, 0.15) is 39.2 Å². The van der Waals surface area contributed by atoms with E-state index in [0.29, 0.717) is 6.54 Å². The third-order valence-electron chi connectivity index (χ3n) is 5.30. The molecule has 1 aromatic heterocycles. The first-order chi connectivity index (χ1) is 13.2. The van der Waals surface area contributed by atoms with Gasteiger partial charge in [0, 0.05) is 44.5 Å². The monoisotopic (exact) mass is 373 g/mol. The molecule has 0 radical (unpaired) electrons. The summed E-state index contributed by atoms with van der Waals surface area (Å²) in [6.45, 7) is 13.9. The van der Waals surface area contributed by atoms with Crippen LogP contribution in [-0.2, 0) is 11.3 Å². The summed E-state index contributed by atoms with van der Waals surface area (Å²) in [5.74, 6) is 3.65. The van der Waals surface area contributed by atoms with E-state index in [1.165, 1.54) is 18.4 Å². The highest BCUT2D eigenvalue weighted by molar-refractivity contribution is 5.80. The number of aliphatic imine (C=N–C) groups is 1. The van der Waals surface area contributed by atoms with Crippen LogP contribution >= 0.6 is 0 Å². The van der Waals surface area contributed by atoms with Gasteiger partial charge in [-0.2, -0.15) is 0 Å². The van der Waals surface area contributed by atoms with Gasteiger partial charge in [0.25, 0.3) is 0 Å². The summed E-state index contributed by atoms with van der Waals surface area (Å²) in [7, 11) is 0. The van der Waals surface area contributed by atoms with Crippen molar-refractivity contribution < 1.29 is 4.74 Å². The number of hydrogen-bond acceptors (Lipinski definition) is 4. The third kappa shape index (κ3) is 5.58. The lowest BCUT2D eigenvalue weighted by Gasteiger charge is -2.29. The van der Waals surface area contributed by atoms with Crippen molar-refractivity contribution in [1.29, 1.82) is 0 Å². The summed E-state index contributed by atoms with van der Waals surface area (Å²) in [4.78, 5) is 14.4. The minimum Gasteiger partial charge on any atom is -0.378 e. The molecular weight excluding hydrogens is 338 g/mol. The van der Waals surface area contributed by atoms with E-state index in [0.717, 1.165) is 69.6 Å². The zero-order valence-corrected chi connectivity index (χ0v) is 17.2. The van der Waals surface area contributed by atoms with Crippen molar-refractivity contribution in [1.82, 2.24) is 15.2 Å². The molecule has 1 aromatic rings. The number of rotatable bonds is 6. The summed E-state index contributed by atoms with van der Waals surface area (Å²) in [5.41, 5.74) is 1.19. The van der Waals surface area contributed by atoms with Crippen molar-refractivity contribution in [2.45, 2.75) is 40.2 Å². The lowest BCUT2D eigenvalue weighted by Crippen LogP contribution is -2.40. The molecule has 0 spiro atoms. The van der Waals surface area contributed by atoms with Gasteiger partial charge in [0.1, 0.15) is 5.82 Å². The van der Waals surface area contributed by atoms with Crippen LogP contribution in [0.15, 0.2) is 23.3 Å². The fourth-order valence-corrected chi connectivity index (χ4v) is 4.08. The Hall–Kier alpha value is -1.82. The fourth-order valence-electron chi connectivity index (χ4n) is 4.08. The Morgan fingerprint density at radius 1 is 1.33 bits per heavy atom. The number of nitrogens with zero attached hydrogens (tertiary/aromatic N) is 4. The van der Waals surface area contributed by atoms with Crippen molar-refractivity contribution >= 4 is 11.8 Å². The van der Waals surface area contributed by atoms with Crippen LogP contribution in [0.25, 0.3) is 0 Å². The highest BCUT2D eigenvalue weighted by Crippen LogP contribution is 2.24. The molecule has 3 rings (SSSR count). The summed E-state index contributed by atoms with van der Waals surface area (Å²) in [6.07, 6.45) is 4.45. The van der Waals surface area contributed by atoms with E-state index in [-0.39, 0.29) is 0 Å². The Balaban J connectivity index is 1.69. The second-order valence-corrected chi connectivity index (χ2v) is 7.99. The molecule has 1 atom stereocenters. The standard InChI is InChI=1S/C21H35N5O/c1-4-22-21(26-9-7-18(16-26)14-17(2)3)24-15-19-6-5-8-23-20(19)25-10-12-27-13-11-25/h5-6,8,17-18H,4,7,9-16H2,1-3H3,(H,22,24). The lowest BCUT2D eigenvalue weighted by atomic mass is 9.97. The van der Waals surface area contributed by atoms with Crippen molar-refractivity contribution in [3.05, 3.63) is 23.9 Å². The number of ether oxygens (including phenoxy) is 1. The summed E-state index contributed by atoms with van der Waals surface area (Å²) >= 11 is 0. The molecule has 0 bridgehead atoms. The van der Waals surface area contributed by atoms with E-state index in [4.69, 9.17) is 9.73 Å². The van der Waals surface area contributed by atoms with Crippen molar-refractivity contribution in [3.63, 3.8) is 0 Å². The Morgan fingerprint density at radius 2 is 2.15 bits per heavy atom. The molecule has 2 saturated heterocycles. The van der Waals surface area contributed by atoms with E-state index >= 15 is 0 Å². The molecule has 3 heterocycles. The molecule has 0 amide bonds. The molecule has 6 heteroatoms. The molecule has 2 aliphatic rings. The smallest absolute Gasteiger partial charge is 0.194 e. The van der Waals surface area contributed by atoms with Crippen molar-refractivity contribution in [3.8, 4) is 0 Å². The van der Waals surface area contributed by atoms with Gasteiger partial charge in [-0.1, -0.05) is 19.9 Å².